The van der Waals surface area contributed by atoms with Crippen molar-refractivity contribution in [1.82, 2.24) is 10.2 Å². The molecule has 1 aromatic carbocycles. The standard InChI is InChI=1S/C19H22N2O6S2/c1-2-27-14-10-12(5-6-13(14)22)11-15-18(26)21(19(28)29-15)9-7-16(23)20-8-3-4-17(24)25/h5-6,10-11,22H,2-4,7-9H2,1H3,(H,20,23)(H,24,25)/b15-11-. The van der Waals surface area contributed by atoms with E-state index >= 15 is 0 Å². The molecule has 3 N–H and O–H groups in total. The van der Waals surface area contributed by atoms with Gasteiger partial charge in [0.15, 0.2) is 11.5 Å². The minimum Gasteiger partial charge on any atom is -0.504 e. The fourth-order valence-corrected chi connectivity index (χ4v) is 3.81. The number of carboxylic acids is 1. The van der Waals surface area contributed by atoms with Crippen molar-refractivity contribution in [1.29, 1.82) is 0 Å². The van der Waals surface area contributed by atoms with Crippen LogP contribution in [0.5, 0.6) is 11.5 Å². The second-order valence-corrected chi connectivity index (χ2v) is 7.77. The lowest BCUT2D eigenvalue weighted by atomic mass is 10.2. The molecule has 1 fully saturated rings. The summed E-state index contributed by atoms with van der Waals surface area (Å²) in [6.07, 6.45) is 2.07. The van der Waals surface area contributed by atoms with Crippen molar-refractivity contribution in [3.8, 4) is 11.5 Å². The number of carboxylic acid groups (broad SMARTS) is 1. The molecule has 1 saturated heterocycles. The first-order valence-electron chi connectivity index (χ1n) is 9.01. The van der Waals surface area contributed by atoms with E-state index in [-0.39, 0.29) is 43.5 Å². The van der Waals surface area contributed by atoms with Crippen LogP contribution < -0.4 is 10.1 Å². The number of ether oxygens (including phenoxy) is 1. The van der Waals surface area contributed by atoms with Crippen molar-refractivity contribution < 1.29 is 29.3 Å². The van der Waals surface area contributed by atoms with E-state index in [1.54, 1.807) is 25.1 Å². The fraction of sp³-hybridized carbons (Fsp3) is 0.368. The summed E-state index contributed by atoms with van der Waals surface area (Å²) in [4.78, 5) is 36.7. The third-order valence-electron chi connectivity index (χ3n) is 3.91. The molecule has 2 rings (SSSR count). The van der Waals surface area contributed by atoms with Crippen LogP contribution in [0.25, 0.3) is 6.08 Å². The molecule has 0 radical (unpaired) electrons. The molecule has 1 aromatic rings. The van der Waals surface area contributed by atoms with Gasteiger partial charge >= 0.3 is 5.97 Å². The smallest absolute Gasteiger partial charge is 0.303 e. The maximum Gasteiger partial charge on any atom is 0.303 e. The zero-order valence-electron chi connectivity index (χ0n) is 15.8. The molecule has 0 aromatic heterocycles. The highest BCUT2D eigenvalue weighted by Crippen LogP contribution is 2.34. The largest absolute Gasteiger partial charge is 0.504 e. The molecule has 1 heterocycles. The van der Waals surface area contributed by atoms with Gasteiger partial charge in [-0.3, -0.25) is 19.3 Å². The molecule has 10 heteroatoms. The van der Waals surface area contributed by atoms with Gasteiger partial charge in [-0.25, -0.2) is 0 Å². The lowest BCUT2D eigenvalue weighted by Gasteiger charge is -2.14. The summed E-state index contributed by atoms with van der Waals surface area (Å²) >= 11 is 6.40. The predicted molar refractivity (Wildman–Crippen MR) is 114 cm³/mol. The molecule has 8 nitrogen and oxygen atoms in total. The van der Waals surface area contributed by atoms with Gasteiger partial charge in [-0.05, 0) is 37.1 Å². The fourth-order valence-electron chi connectivity index (χ4n) is 2.50. The Morgan fingerprint density at radius 3 is 2.79 bits per heavy atom. The van der Waals surface area contributed by atoms with Gasteiger partial charge in [0.1, 0.15) is 4.32 Å². The van der Waals surface area contributed by atoms with Crippen LogP contribution in [-0.4, -0.2) is 56.9 Å². The Morgan fingerprint density at radius 2 is 2.10 bits per heavy atom. The topological polar surface area (TPSA) is 116 Å². The van der Waals surface area contributed by atoms with E-state index in [2.05, 4.69) is 5.32 Å². The van der Waals surface area contributed by atoms with Gasteiger partial charge in [0.2, 0.25) is 5.91 Å². The van der Waals surface area contributed by atoms with Gasteiger partial charge in [0.05, 0.1) is 11.5 Å². The summed E-state index contributed by atoms with van der Waals surface area (Å²) in [7, 11) is 0. The summed E-state index contributed by atoms with van der Waals surface area (Å²) in [5, 5.41) is 21.0. The lowest BCUT2D eigenvalue weighted by molar-refractivity contribution is -0.137. The average Bonchev–Trinajstić information content (AvgIpc) is 2.93. The van der Waals surface area contributed by atoms with Crippen molar-refractivity contribution in [2.24, 2.45) is 0 Å². The van der Waals surface area contributed by atoms with Crippen molar-refractivity contribution in [2.45, 2.75) is 26.2 Å². The molecule has 1 aliphatic rings. The number of rotatable bonds is 10. The molecule has 156 valence electrons. The summed E-state index contributed by atoms with van der Waals surface area (Å²) in [5.74, 6) is -1.12. The van der Waals surface area contributed by atoms with Crippen molar-refractivity contribution in [2.75, 3.05) is 19.7 Å². The molecule has 0 unspecified atom stereocenters. The molecule has 0 aliphatic carbocycles. The average molecular weight is 439 g/mol. The van der Waals surface area contributed by atoms with E-state index in [0.29, 0.717) is 33.6 Å². The van der Waals surface area contributed by atoms with Crippen molar-refractivity contribution in [3.05, 3.63) is 28.7 Å². The number of hydrogen-bond acceptors (Lipinski definition) is 7. The highest BCUT2D eigenvalue weighted by molar-refractivity contribution is 8.26. The monoisotopic (exact) mass is 438 g/mol. The summed E-state index contributed by atoms with van der Waals surface area (Å²) in [6.45, 7) is 2.62. The molecular formula is C19H22N2O6S2. The molecule has 1 aliphatic heterocycles. The minimum absolute atomic E-state index is 0.0119. The van der Waals surface area contributed by atoms with E-state index in [0.717, 1.165) is 11.8 Å². The highest BCUT2D eigenvalue weighted by Gasteiger charge is 2.32. The number of carbonyl (C=O) groups excluding carboxylic acids is 2. The Labute approximate surface area is 177 Å². The molecule has 0 saturated carbocycles. The molecule has 0 atom stereocenters. The zero-order valence-corrected chi connectivity index (χ0v) is 17.5. The van der Waals surface area contributed by atoms with E-state index in [1.165, 1.54) is 11.0 Å². The second kappa shape index (κ2) is 10.8. The van der Waals surface area contributed by atoms with Gasteiger partial charge in [0.25, 0.3) is 5.91 Å². The van der Waals surface area contributed by atoms with Gasteiger partial charge in [-0.15, -0.1) is 0 Å². The van der Waals surface area contributed by atoms with Crippen LogP contribution >= 0.6 is 24.0 Å². The van der Waals surface area contributed by atoms with E-state index in [1.807, 2.05) is 0 Å². The van der Waals surface area contributed by atoms with Gasteiger partial charge in [-0.2, -0.15) is 0 Å². The van der Waals surface area contributed by atoms with Gasteiger partial charge < -0.3 is 20.3 Å². The van der Waals surface area contributed by atoms with Gasteiger partial charge in [0, 0.05) is 25.9 Å². The number of hydrogen-bond donors (Lipinski definition) is 3. The molecule has 0 spiro atoms. The number of nitrogens with zero attached hydrogens (tertiary/aromatic N) is 1. The zero-order chi connectivity index (χ0) is 21.4. The number of thiocarbonyl (C=S) groups is 1. The summed E-state index contributed by atoms with van der Waals surface area (Å²) < 4.78 is 5.71. The van der Waals surface area contributed by atoms with Crippen LogP contribution in [0.3, 0.4) is 0 Å². The Hall–Kier alpha value is -2.59. The van der Waals surface area contributed by atoms with Crippen LogP contribution in [0.15, 0.2) is 23.1 Å². The first-order chi connectivity index (χ1) is 13.8. The van der Waals surface area contributed by atoms with Gasteiger partial charge in [-0.1, -0.05) is 30.0 Å². The SMILES string of the molecule is CCOc1cc(/C=C2\SC(=S)N(CCC(=O)NCCCC(=O)O)C2=O)ccc1O. The number of aliphatic carboxylic acids is 1. The second-order valence-electron chi connectivity index (χ2n) is 6.09. The number of amides is 2. The first kappa shape index (κ1) is 22.7. The Balaban J connectivity index is 1.94. The Bertz CT molecular complexity index is 840. The molecular weight excluding hydrogens is 416 g/mol. The number of carbonyl (C=O) groups is 3. The Kier molecular flexibility index (Phi) is 8.47. The van der Waals surface area contributed by atoms with Crippen molar-refractivity contribution >= 4 is 52.2 Å². The maximum atomic E-state index is 12.6. The van der Waals surface area contributed by atoms with E-state index in [9.17, 15) is 19.5 Å². The molecule has 0 bridgehead atoms. The predicted octanol–water partition coefficient (Wildman–Crippen LogP) is 2.36. The highest BCUT2D eigenvalue weighted by atomic mass is 32.2. The Morgan fingerprint density at radius 1 is 1.34 bits per heavy atom. The molecule has 2 amide bonds. The number of benzene rings is 1. The number of thioether (sulfide) groups is 1. The van der Waals surface area contributed by atoms with Crippen LogP contribution in [0.1, 0.15) is 31.7 Å². The van der Waals surface area contributed by atoms with Crippen LogP contribution in [0.2, 0.25) is 0 Å². The quantitative estimate of drug-likeness (QED) is 0.290. The normalized spacial score (nSPS) is 15.1. The van der Waals surface area contributed by atoms with Crippen LogP contribution in [0.4, 0.5) is 0 Å². The molecule has 29 heavy (non-hydrogen) atoms. The third-order valence-corrected chi connectivity index (χ3v) is 5.28. The minimum atomic E-state index is -0.911. The number of phenols is 1. The van der Waals surface area contributed by atoms with Crippen LogP contribution in [0, 0.1) is 0 Å². The first-order valence-corrected chi connectivity index (χ1v) is 10.2. The van der Waals surface area contributed by atoms with Crippen molar-refractivity contribution in [3.63, 3.8) is 0 Å². The summed E-state index contributed by atoms with van der Waals surface area (Å²) in [6, 6.07) is 4.79. The third kappa shape index (κ3) is 6.75. The lowest BCUT2D eigenvalue weighted by Crippen LogP contribution is -2.33. The van der Waals surface area contributed by atoms with E-state index in [4.69, 9.17) is 22.1 Å². The number of aromatic hydroxyl groups is 1. The van der Waals surface area contributed by atoms with E-state index < -0.39 is 5.97 Å². The summed E-state index contributed by atoms with van der Waals surface area (Å²) in [5.41, 5.74) is 0.683. The van der Waals surface area contributed by atoms with Crippen LogP contribution in [-0.2, 0) is 14.4 Å². The number of phenolic OH excluding ortho intramolecular Hbond substituents is 1. The maximum absolute atomic E-state index is 12.6. The number of nitrogens with one attached hydrogen (secondary N) is 1.